The molecule has 0 radical (unpaired) electrons. The Morgan fingerprint density at radius 3 is 2.53 bits per heavy atom. The number of amides is 1. The molecule has 4 rings (SSSR count). The fourth-order valence-electron chi connectivity index (χ4n) is 3.61. The molecule has 1 saturated heterocycles. The first-order valence-electron chi connectivity index (χ1n) is 10.4. The number of aromatic nitrogens is 2. The Balaban J connectivity index is 1.31. The summed E-state index contributed by atoms with van der Waals surface area (Å²) in [6.45, 7) is 3.99. The van der Waals surface area contributed by atoms with Gasteiger partial charge in [-0.2, -0.15) is 0 Å². The van der Waals surface area contributed by atoms with Crippen molar-refractivity contribution < 1.29 is 14.3 Å². The van der Waals surface area contributed by atoms with Gasteiger partial charge in [0, 0.05) is 42.4 Å². The maximum atomic E-state index is 12.5. The zero-order valence-electron chi connectivity index (χ0n) is 17.7. The van der Waals surface area contributed by atoms with E-state index in [1.807, 2.05) is 42.5 Å². The molecule has 0 aliphatic carbocycles. The van der Waals surface area contributed by atoms with Crippen molar-refractivity contribution in [2.45, 2.75) is 6.92 Å². The highest BCUT2D eigenvalue weighted by Crippen LogP contribution is 2.23. The molecule has 1 aromatic carbocycles. The zero-order chi connectivity index (χ0) is 22.5. The van der Waals surface area contributed by atoms with E-state index in [1.165, 1.54) is 0 Å². The van der Waals surface area contributed by atoms with Gasteiger partial charge in [0.2, 0.25) is 0 Å². The zero-order valence-corrected chi connectivity index (χ0v) is 19.3. The number of esters is 1. The topological polar surface area (TPSA) is 75.6 Å². The van der Waals surface area contributed by atoms with Crippen molar-refractivity contribution in [2.24, 2.45) is 0 Å². The summed E-state index contributed by atoms with van der Waals surface area (Å²) in [4.78, 5) is 37.8. The third kappa shape index (κ3) is 5.13. The summed E-state index contributed by atoms with van der Waals surface area (Å²) in [6, 6.07) is 17.0. The average molecular weight is 495 g/mol. The van der Waals surface area contributed by atoms with Crippen LogP contribution in [0, 0.1) is 6.92 Å². The number of carbonyl (C=O) groups excluding carboxylic acids is 2. The van der Waals surface area contributed by atoms with Crippen LogP contribution >= 0.6 is 15.9 Å². The van der Waals surface area contributed by atoms with Crippen LogP contribution in [0.2, 0.25) is 0 Å². The molecule has 0 N–H and O–H groups in total. The van der Waals surface area contributed by atoms with Crippen LogP contribution in [0.15, 0.2) is 65.3 Å². The van der Waals surface area contributed by atoms with Crippen molar-refractivity contribution in [1.29, 1.82) is 0 Å². The van der Waals surface area contributed by atoms with Crippen LogP contribution in [0.1, 0.15) is 16.1 Å². The number of carbonyl (C=O) groups is 2. The van der Waals surface area contributed by atoms with Crippen molar-refractivity contribution in [3.63, 3.8) is 0 Å². The molecule has 1 fully saturated rings. The monoisotopic (exact) mass is 494 g/mol. The summed E-state index contributed by atoms with van der Waals surface area (Å²) in [6.07, 6.45) is 1.76. The second-order valence-corrected chi connectivity index (χ2v) is 8.39. The van der Waals surface area contributed by atoms with Crippen LogP contribution in [-0.2, 0) is 9.53 Å². The van der Waals surface area contributed by atoms with Gasteiger partial charge in [0.1, 0.15) is 5.82 Å². The standard InChI is InChI=1S/C24H23BrN4O3/c1-17-20(8-9-21(27-17)18-5-4-6-19(25)15-18)24(31)32-16-23(30)29-13-11-28(12-14-29)22-7-2-3-10-26-22/h2-10,15H,11-14,16H2,1H3. The number of aryl methyl sites for hydroxylation is 1. The first kappa shape index (κ1) is 22.0. The summed E-state index contributed by atoms with van der Waals surface area (Å²) < 4.78 is 6.25. The van der Waals surface area contributed by atoms with Gasteiger partial charge in [0.05, 0.1) is 17.0 Å². The molecule has 164 valence electrons. The van der Waals surface area contributed by atoms with Gasteiger partial charge in [-0.05, 0) is 43.3 Å². The molecule has 3 aromatic rings. The molecule has 7 nitrogen and oxygen atoms in total. The second kappa shape index (κ2) is 9.91. The van der Waals surface area contributed by atoms with Crippen LogP contribution in [0.4, 0.5) is 5.82 Å². The summed E-state index contributed by atoms with van der Waals surface area (Å²) in [5, 5.41) is 0. The van der Waals surface area contributed by atoms with Crippen molar-refractivity contribution in [3.8, 4) is 11.3 Å². The Labute approximate surface area is 195 Å². The summed E-state index contributed by atoms with van der Waals surface area (Å²) in [5.41, 5.74) is 2.63. The normalized spacial score (nSPS) is 13.7. The number of pyridine rings is 2. The molecule has 1 amide bonds. The Kier molecular flexibility index (Phi) is 6.80. The smallest absolute Gasteiger partial charge is 0.340 e. The van der Waals surface area contributed by atoms with E-state index in [4.69, 9.17) is 4.74 Å². The Hall–Kier alpha value is -3.26. The van der Waals surface area contributed by atoms with Crippen molar-refractivity contribution in [3.05, 3.63) is 76.5 Å². The molecule has 2 aromatic heterocycles. The van der Waals surface area contributed by atoms with Crippen molar-refractivity contribution >= 4 is 33.6 Å². The van der Waals surface area contributed by atoms with E-state index in [-0.39, 0.29) is 12.5 Å². The highest BCUT2D eigenvalue weighted by Gasteiger charge is 2.23. The fraction of sp³-hybridized carbons (Fsp3) is 0.250. The quantitative estimate of drug-likeness (QED) is 0.503. The van der Waals surface area contributed by atoms with Crippen LogP contribution in [0.5, 0.6) is 0 Å². The lowest BCUT2D eigenvalue weighted by atomic mass is 10.1. The first-order valence-corrected chi connectivity index (χ1v) is 11.1. The number of piperazine rings is 1. The maximum Gasteiger partial charge on any atom is 0.340 e. The molecule has 0 spiro atoms. The van der Waals surface area contributed by atoms with Crippen LogP contribution in [0.3, 0.4) is 0 Å². The van der Waals surface area contributed by atoms with Gasteiger partial charge < -0.3 is 14.5 Å². The molecular weight excluding hydrogens is 472 g/mol. The lowest BCUT2D eigenvalue weighted by Crippen LogP contribution is -2.50. The van der Waals surface area contributed by atoms with Gasteiger partial charge in [-0.1, -0.05) is 34.1 Å². The molecule has 32 heavy (non-hydrogen) atoms. The molecule has 3 heterocycles. The first-order chi connectivity index (χ1) is 15.5. The van der Waals surface area contributed by atoms with Gasteiger partial charge in [0.15, 0.2) is 6.61 Å². The van der Waals surface area contributed by atoms with Gasteiger partial charge in [-0.25, -0.2) is 9.78 Å². The van der Waals surface area contributed by atoms with Crippen molar-refractivity contribution in [1.82, 2.24) is 14.9 Å². The Bertz CT molecular complexity index is 1120. The van der Waals surface area contributed by atoms with E-state index in [1.54, 1.807) is 30.2 Å². The molecule has 0 bridgehead atoms. The van der Waals surface area contributed by atoms with Crippen LogP contribution < -0.4 is 4.90 Å². The summed E-state index contributed by atoms with van der Waals surface area (Å²) >= 11 is 3.45. The van der Waals surface area contributed by atoms with Crippen LogP contribution in [0.25, 0.3) is 11.3 Å². The highest BCUT2D eigenvalue weighted by molar-refractivity contribution is 9.10. The largest absolute Gasteiger partial charge is 0.452 e. The van der Waals surface area contributed by atoms with E-state index in [0.29, 0.717) is 37.4 Å². The lowest BCUT2D eigenvalue weighted by Gasteiger charge is -2.35. The predicted molar refractivity (Wildman–Crippen MR) is 125 cm³/mol. The van der Waals surface area contributed by atoms with Gasteiger partial charge in [0.25, 0.3) is 5.91 Å². The number of benzene rings is 1. The third-order valence-electron chi connectivity index (χ3n) is 5.36. The van der Waals surface area contributed by atoms with Gasteiger partial charge in [-0.15, -0.1) is 0 Å². The molecule has 0 saturated carbocycles. The maximum absolute atomic E-state index is 12.5. The number of hydrogen-bond acceptors (Lipinski definition) is 6. The number of nitrogens with zero attached hydrogens (tertiary/aromatic N) is 4. The number of rotatable bonds is 5. The summed E-state index contributed by atoms with van der Waals surface area (Å²) in [7, 11) is 0. The number of ether oxygens (including phenoxy) is 1. The molecule has 0 unspecified atom stereocenters. The SMILES string of the molecule is Cc1nc(-c2cccc(Br)c2)ccc1C(=O)OCC(=O)N1CCN(c2ccccn2)CC1. The second-order valence-electron chi connectivity index (χ2n) is 7.47. The highest BCUT2D eigenvalue weighted by atomic mass is 79.9. The summed E-state index contributed by atoms with van der Waals surface area (Å²) in [5.74, 6) is 0.159. The third-order valence-corrected chi connectivity index (χ3v) is 5.85. The van der Waals surface area contributed by atoms with E-state index in [2.05, 4.69) is 30.8 Å². The molecule has 1 aliphatic heterocycles. The Morgan fingerprint density at radius 2 is 1.84 bits per heavy atom. The van der Waals surface area contributed by atoms with E-state index in [0.717, 1.165) is 21.5 Å². The average Bonchev–Trinajstić information content (AvgIpc) is 2.83. The lowest BCUT2D eigenvalue weighted by molar-refractivity contribution is -0.134. The molecular formula is C24H23BrN4O3. The molecule has 1 aliphatic rings. The number of anilines is 1. The van der Waals surface area contributed by atoms with Crippen LogP contribution in [-0.4, -0.2) is 59.5 Å². The minimum atomic E-state index is -0.545. The Morgan fingerprint density at radius 1 is 1.03 bits per heavy atom. The number of hydrogen-bond donors (Lipinski definition) is 0. The minimum absolute atomic E-state index is 0.199. The molecule has 8 heteroatoms. The fourth-order valence-corrected chi connectivity index (χ4v) is 4.01. The molecule has 0 atom stereocenters. The van der Waals surface area contributed by atoms with Crippen molar-refractivity contribution in [2.75, 3.05) is 37.7 Å². The van der Waals surface area contributed by atoms with Gasteiger partial charge >= 0.3 is 5.97 Å². The van der Waals surface area contributed by atoms with Gasteiger partial charge in [-0.3, -0.25) is 9.78 Å². The predicted octanol–water partition coefficient (Wildman–Crippen LogP) is 3.72. The van der Waals surface area contributed by atoms with E-state index in [9.17, 15) is 9.59 Å². The van der Waals surface area contributed by atoms with E-state index >= 15 is 0 Å². The number of halogens is 1. The van der Waals surface area contributed by atoms with E-state index < -0.39 is 5.97 Å². The minimum Gasteiger partial charge on any atom is -0.452 e.